The molecular weight excluding hydrogens is 234 g/mol. The van der Waals surface area contributed by atoms with Crippen molar-refractivity contribution in [2.75, 3.05) is 7.05 Å². The molecule has 0 aliphatic carbocycles. The molecule has 1 aromatic heterocycles. The Morgan fingerprint density at radius 2 is 1.84 bits per heavy atom. The van der Waals surface area contributed by atoms with E-state index in [4.69, 9.17) is 0 Å². The maximum atomic E-state index is 4.21. The highest BCUT2D eigenvalue weighted by molar-refractivity contribution is 5.14. The first-order chi connectivity index (χ1) is 9.29. The standard InChI is InChI=1S/C16H23N3/c1-17-15(9-8-14-6-4-3-5-7-14)10-11-16-12-13-18-19(16)2/h3-7,12-13,15,17H,8-11H2,1-2H3. The van der Waals surface area contributed by atoms with Crippen molar-refractivity contribution in [1.82, 2.24) is 15.1 Å². The third-order valence-corrected chi connectivity index (χ3v) is 3.70. The molecule has 0 saturated heterocycles. The van der Waals surface area contributed by atoms with Crippen LogP contribution in [0.15, 0.2) is 42.6 Å². The molecule has 0 bridgehead atoms. The monoisotopic (exact) mass is 257 g/mol. The van der Waals surface area contributed by atoms with Gasteiger partial charge in [0.15, 0.2) is 0 Å². The molecule has 0 fully saturated rings. The van der Waals surface area contributed by atoms with Gasteiger partial charge in [-0.3, -0.25) is 4.68 Å². The first-order valence-corrected chi connectivity index (χ1v) is 6.97. The molecule has 0 spiro atoms. The SMILES string of the molecule is CNC(CCc1ccccc1)CCc1ccnn1C. The normalized spacial score (nSPS) is 12.5. The highest BCUT2D eigenvalue weighted by Crippen LogP contribution is 2.10. The van der Waals surface area contributed by atoms with Gasteiger partial charge in [0, 0.05) is 25.0 Å². The number of aryl methyl sites for hydroxylation is 3. The number of hydrogen-bond donors (Lipinski definition) is 1. The van der Waals surface area contributed by atoms with E-state index in [1.807, 2.05) is 17.9 Å². The Kier molecular flexibility index (Phi) is 5.16. The summed E-state index contributed by atoms with van der Waals surface area (Å²) in [5.74, 6) is 0. The second-order valence-electron chi connectivity index (χ2n) is 4.99. The number of benzene rings is 1. The van der Waals surface area contributed by atoms with E-state index in [0.717, 1.165) is 19.3 Å². The second-order valence-corrected chi connectivity index (χ2v) is 4.99. The average molecular weight is 257 g/mol. The van der Waals surface area contributed by atoms with Crippen LogP contribution in [0.5, 0.6) is 0 Å². The lowest BCUT2D eigenvalue weighted by Gasteiger charge is -2.16. The lowest BCUT2D eigenvalue weighted by molar-refractivity contribution is 0.482. The highest BCUT2D eigenvalue weighted by Gasteiger charge is 2.08. The van der Waals surface area contributed by atoms with Crippen molar-refractivity contribution in [3.63, 3.8) is 0 Å². The summed E-state index contributed by atoms with van der Waals surface area (Å²) in [7, 11) is 4.06. The number of nitrogens with zero attached hydrogens (tertiary/aromatic N) is 2. The van der Waals surface area contributed by atoms with Crippen molar-refractivity contribution in [2.24, 2.45) is 7.05 Å². The van der Waals surface area contributed by atoms with Gasteiger partial charge in [0.05, 0.1) is 0 Å². The minimum Gasteiger partial charge on any atom is -0.317 e. The first-order valence-electron chi connectivity index (χ1n) is 6.97. The predicted octanol–water partition coefficient (Wildman–Crippen LogP) is 2.57. The van der Waals surface area contributed by atoms with Crippen LogP contribution in [0, 0.1) is 0 Å². The van der Waals surface area contributed by atoms with Crippen molar-refractivity contribution in [1.29, 1.82) is 0 Å². The Labute approximate surface area is 115 Å². The maximum absolute atomic E-state index is 4.21. The molecule has 0 radical (unpaired) electrons. The van der Waals surface area contributed by atoms with Crippen molar-refractivity contribution >= 4 is 0 Å². The fourth-order valence-electron chi connectivity index (χ4n) is 2.39. The number of rotatable bonds is 7. The molecule has 0 saturated carbocycles. The van der Waals surface area contributed by atoms with Gasteiger partial charge in [0.2, 0.25) is 0 Å². The molecule has 1 unspecified atom stereocenters. The Balaban J connectivity index is 1.79. The third kappa shape index (κ3) is 4.21. The topological polar surface area (TPSA) is 29.9 Å². The van der Waals surface area contributed by atoms with Gasteiger partial charge in [-0.25, -0.2) is 0 Å². The van der Waals surface area contributed by atoms with Crippen LogP contribution in [0.4, 0.5) is 0 Å². The van der Waals surface area contributed by atoms with Crippen LogP contribution in [-0.4, -0.2) is 22.9 Å². The first kappa shape index (κ1) is 13.8. The zero-order chi connectivity index (χ0) is 13.5. The molecule has 2 aromatic rings. The van der Waals surface area contributed by atoms with Gasteiger partial charge in [0.25, 0.3) is 0 Å². The van der Waals surface area contributed by atoms with Crippen molar-refractivity contribution in [3.05, 3.63) is 53.9 Å². The molecule has 2 rings (SSSR count). The average Bonchev–Trinajstić information content (AvgIpc) is 2.86. The lowest BCUT2D eigenvalue weighted by Crippen LogP contribution is -2.26. The highest BCUT2D eigenvalue weighted by atomic mass is 15.2. The van der Waals surface area contributed by atoms with E-state index in [1.54, 1.807) is 0 Å². The van der Waals surface area contributed by atoms with Crippen LogP contribution in [0.2, 0.25) is 0 Å². The summed E-state index contributed by atoms with van der Waals surface area (Å²) in [4.78, 5) is 0. The Morgan fingerprint density at radius 3 is 2.47 bits per heavy atom. The van der Waals surface area contributed by atoms with Crippen LogP contribution in [0.25, 0.3) is 0 Å². The number of nitrogens with one attached hydrogen (secondary N) is 1. The Hall–Kier alpha value is -1.61. The van der Waals surface area contributed by atoms with E-state index in [0.29, 0.717) is 6.04 Å². The summed E-state index contributed by atoms with van der Waals surface area (Å²) in [5, 5.41) is 7.63. The zero-order valence-corrected chi connectivity index (χ0v) is 11.8. The smallest absolute Gasteiger partial charge is 0.0492 e. The summed E-state index contributed by atoms with van der Waals surface area (Å²) < 4.78 is 1.96. The minimum absolute atomic E-state index is 0.565. The number of aromatic nitrogens is 2. The zero-order valence-electron chi connectivity index (χ0n) is 11.8. The van der Waals surface area contributed by atoms with Crippen LogP contribution < -0.4 is 5.32 Å². The fourth-order valence-corrected chi connectivity index (χ4v) is 2.39. The molecule has 3 heteroatoms. The summed E-state index contributed by atoms with van der Waals surface area (Å²) in [5.41, 5.74) is 2.73. The molecular formula is C16H23N3. The molecule has 1 N–H and O–H groups in total. The molecule has 19 heavy (non-hydrogen) atoms. The van der Waals surface area contributed by atoms with E-state index in [2.05, 4.69) is 53.9 Å². The minimum atomic E-state index is 0.565. The van der Waals surface area contributed by atoms with E-state index >= 15 is 0 Å². The van der Waals surface area contributed by atoms with Crippen LogP contribution >= 0.6 is 0 Å². The Bertz CT molecular complexity index is 476. The molecule has 102 valence electrons. The van der Waals surface area contributed by atoms with Crippen molar-refractivity contribution < 1.29 is 0 Å². The summed E-state index contributed by atoms with van der Waals surface area (Å²) >= 11 is 0. The van der Waals surface area contributed by atoms with E-state index < -0.39 is 0 Å². The van der Waals surface area contributed by atoms with Crippen LogP contribution in [0.1, 0.15) is 24.1 Å². The van der Waals surface area contributed by atoms with Gasteiger partial charge in [-0.1, -0.05) is 30.3 Å². The molecule has 1 atom stereocenters. The molecule has 0 aliphatic rings. The summed E-state index contributed by atoms with van der Waals surface area (Å²) in [6, 6.07) is 13.4. The van der Waals surface area contributed by atoms with E-state index in [-0.39, 0.29) is 0 Å². The Morgan fingerprint density at radius 1 is 1.11 bits per heavy atom. The molecule has 0 aliphatic heterocycles. The van der Waals surface area contributed by atoms with Crippen LogP contribution in [-0.2, 0) is 19.9 Å². The van der Waals surface area contributed by atoms with Gasteiger partial charge < -0.3 is 5.32 Å². The van der Waals surface area contributed by atoms with Gasteiger partial charge >= 0.3 is 0 Å². The van der Waals surface area contributed by atoms with Gasteiger partial charge in [-0.15, -0.1) is 0 Å². The van der Waals surface area contributed by atoms with Crippen LogP contribution in [0.3, 0.4) is 0 Å². The second kappa shape index (κ2) is 7.10. The van der Waals surface area contributed by atoms with Crippen molar-refractivity contribution in [3.8, 4) is 0 Å². The van der Waals surface area contributed by atoms with E-state index in [9.17, 15) is 0 Å². The fraction of sp³-hybridized carbons (Fsp3) is 0.438. The molecule has 0 amide bonds. The van der Waals surface area contributed by atoms with Gasteiger partial charge in [0.1, 0.15) is 0 Å². The molecule has 1 heterocycles. The van der Waals surface area contributed by atoms with Gasteiger partial charge in [-0.05, 0) is 44.4 Å². The largest absolute Gasteiger partial charge is 0.317 e. The molecule has 1 aromatic carbocycles. The maximum Gasteiger partial charge on any atom is 0.0492 e. The summed E-state index contributed by atoms with van der Waals surface area (Å²) in [6.07, 6.45) is 6.42. The third-order valence-electron chi connectivity index (χ3n) is 3.70. The predicted molar refractivity (Wildman–Crippen MR) is 79.1 cm³/mol. The number of hydrogen-bond acceptors (Lipinski definition) is 2. The quantitative estimate of drug-likeness (QED) is 0.826. The molecule has 3 nitrogen and oxygen atoms in total. The van der Waals surface area contributed by atoms with E-state index in [1.165, 1.54) is 17.7 Å². The lowest BCUT2D eigenvalue weighted by atomic mass is 10.0. The van der Waals surface area contributed by atoms with Gasteiger partial charge in [-0.2, -0.15) is 5.10 Å². The van der Waals surface area contributed by atoms with Crippen molar-refractivity contribution in [2.45, 2.75) is 31.7 Å². The summed E-state index contributed by atoms with van der Waals surface area (Å²) in [6.45, 7) is 0.